The number of esters is 1. The summed E-state index contributed by atoms with van der Waals surface area (Å²) in [4.78, 5) is 24.1. The fraction of sp³-hybridized carbons (Fsp3) is 0.172. The van der Waals surface area contributed by atoms with Crippen LogP contribution in [0.5, 0.6) is 0 Å². The second-order valence-corrected chi connectivity index (χ2v) is 8.16. The molecule has 4 aromatic carbocycles. The van der Waals surface area contributed by atoms with Crippen LogP contribution in [-0.4, -0.2) is 23.7 Å². The Morgan fingerprint density at radius 1 is 0.758 bits per heavy atom. The van der Waals surface area contributed by atoms with Crippen LogP contribution in [0, 0.1) is 11.8 Å². The summed E-state index contributed by atoms with van der Waals surface area (Å²) < 4.78 is 5.59. The van der Waals surface area contributed by atoms with Gasteiger partial charge in [-0.3, -0.25) is 4.79 Å². The molecule has 0 aliphatic heterocycles. The number of carboxylic acids is 1. The van der Waals surface area contributed by atoms with Crippen molar-refractivity contribution in [3.8, 4) is 0 Å². The molecule has 1 N–H and O–H groups in total. The Hall–Kier alpha value is -3.92. The van der Waals surface area contributed by atoms with Gasteiger partial charge < -0.3 is 9.84 Å². The molecule has 0 saturated heterocycles. The number of carbonyl (C=O) groups excluding carboxylic acids is 1. The van der Waals surface area contributed by atoms with E-state index in [1.165, 1.54) is 0 Å². The van der Waals surface area contributed by atoms with Crippen molar-refractivity contribution in [3.63, 3.8) is 0 Å². The lowest BCUT2D eigenvalue weighted by Gasteiger charge is -2.42. The number of carbonyl (C=O) groups is 2. The van der Waals surface area contributed by atoms with Crippen LogP contribution in [-0.2, 0) is 9.53 Å². The van der Waals surface area contributed by atoms with E-state index in [0.29, 0.717) is 12.0 Å². The van der Waals surface area contributed by atoms with Gasteiger partial charge in [-0.05, 0) is 28.8 Å². The third-order valence-corrected chi connectivity index (χ3v) is 6.10. The van der Waals surface area contributed by atoms with Crippen LogP contribution >= 0.6 is 0 Å². The Morgan fingerprint density at radius 3 is 2.00 bits per heavy atom. The second-order valence-electron chi connectivity index (χ2n) is 8.16. The first-order valence-electron chi connectivity index (χ1n) is 11.1. The number of fused-ring (bicyclic) bond motifs is 1. The molecule has 1 aliphatic carbocycles. The highest BCUT2D eigenvalue weighted by Crippen LogP contribution is 2.48. The third kappa shape index (κ3) is 5.29. The average molecular weight is 439 g/mol. The van der Waals surface area contributed by atoms with Gasteiger partial charge in [0.2, 0.25) is 0 Å². The van der Waals surface area contributed by atoms with E-state index in [9.17, 15) is 14.7 Å². The number of benzene rings is 4. The summed E-state index contributed by atoms with van der Waals surface area (Å²) in [5.41, 5.74) is 1.53. The van der Waals surface area contributed by atoms with Crippen molar-refractivity contribution in [1.29, 1.82) is 0 Å². The molecule has 4 aromatic rings. The average Bonchev–Trinajstić information content (AvgIpc) is 2.85. The maximum atomic E-state index is 12.6. The van der Waals surface area contributed by atoms with Crippen molar-refractivity contribution in [2.24, 2.45) is 11.8 Å². The molecule has 0 heterocycles. The van der Waals surface area contributed by atoms with Crippen LogP contribution in [0.15, 0.2) is 109 Å². The Balaban J connectivity index is 0.000000376. The second kappa shape index (κ2) is 10.6. The first-order valence-corrected chi connectivity index (χ1v) is 11.1. The first-order chi connectivity index (χ1) is 16.1. The Kier molecular flexibility index (Phi) is 7.16. The molecular formula is C29H26O4. The van der Waals surface area contributed by atoms with E-state index < -0.39 is 11.9 Å². The largest absolute Gasteiger partial charge is 0.481 e. The molecule has 4 heteroatoms. The van der Waals surface area contributed by atoms with Crippen LogP contribution in [0.2, 0.25) is 0 Å². The van der Waals surface area contributed by atoms with Crippen molar-refractivity contribution in [2.75, 3.05) is 6.61 Å². The van der Waals surface area contributed by atoms with Crippen molar-refractivity contribution >= 4 is 22.7 Å². The van der Waals surface area contributed by atoms with Gasteiger partial charge in [0.25, 0.3) is 0 Å². The van der Waals surface area contributed by atoms with Gasteiger partial charge in [0.1, 0.15) is 0 Å². The number of carboxylic acid groups (broad SMARTS) is 1. The Bertz CT molecular complexity index is 1170. The first kappa shape index (κ1) is 22.3. The number of ether oxygens (including phenoxy) is 1. The summed E-state index contributed by atoms with van der Waals surface area (Å²) in [6.45, 7) is 0.228. The topological polar surface area (TPSA) is 63.6 Å². The molecule has 1 aliphatic rings. The van der Waals surface area contributed by atoms with Gasteiger partial charge in [0, 0.05) is 11.8 Å². The lowest BCUT2D eigenvalue weighted by atomic mass is 9.62. The van der Waals surface area contributed by atoms with Crippen LogP contribution in [0.25, 0.3) is 10.8 Å². The SMILES string of the molecule is O=C(OC[C@H]1C[C@@H](C(=O)O)C1c1ccccc1)c1cccc2ccccc12.c1ccccc1. The van der Waals surface area contributed by atoms with Crippen molar-refractivity contribution in [1.82, 2.24) is 0 Å². The number of hydrogen-bond acceptors (Lipinski definition) is 3. The molecule has 0 aromatic heterocycles. The zero-order valence-electron chi connectivity index (χ0n) is 18.2. The molecule has 33 heavy (non-hydrogen) atoms. The van der Waals surface area contributed by atoms with E-state index in [0.717, 1.165) is 16.3 Å². The molecule has 0 amide bonds. The molecule has 166 valence electrons. The summed E-state index contributed by atoms with van der Waals surface area (Å²) in [5, 5.41) is 11.3. The summed E-state index contributed by atoms with van der Waals surface area (Å²) in [5.74, 6) is -1.68. The van der Waals surface area contributed by atoms with E-state index in [2.05, 4.69) is 0 Å². The van der Waals surface area contributed by atoms with Crippen molar-refractivity contribution in [2.45, 2.75) is 12.3 Å². The third-order valence-electron chi connectivity index (χ3n) is 6.10. The smallest absolute Gasteiger partial charge is 0.338 e. The standard InChI is InChI=1S/C23H20O4.C6H6/c24-22(25)20-13-17(21(20)16-8-2-1-3-9-16)14-27-23(26)19-12-6-10-15-7-4-5-11-18(15)19;1-2-4-6-5-3-1/h1-12,17,20-21H,13-14H2,(H,24,25);1-6H/t17-,20-,21?;/m1./s1. The van der Waals surface area contributed by atoms with Crippen molar-refractivity contribution in [3.05, 3.63) is 120 Å². The fourth-order valence-electron chi connectivity index (χ4n) is 4.41. The fourth-order valence-corrected chi connectivity index (χ4v) is 4.41. The Morgan fingerprint density at radius 2 is 1.33 bits per heavy atom. The molecule has 0 spiro atoms. The van der Waals surface area contributed by atoms with Gasteiger partial charge in [-0.2, -0.15) is 0 Å². The monoisotopic (exact) mass is 438 g/mol. The number of hydrogen-bond donors (Lipinski definition) is 1. The molecule has 0 radical (unpaired) electrons. The van der Waals surface area contributed by atoms with E-state index in [4.69, 9.17) is 4.74 Å². The minimum absolute atomic E-state index is 0.0208. The van der Waals surface area contributed by atoms with Gasteiger partial charge in [0.05, 0.1) is 18.1 Å². The van der Waals surface area contributed by atoms with Gasteiger partial charge in [-0.25, -0.2) is 4.79 Å². The highest BCUT2D eigenvalue weighted by atomic mass is 16.5. The van der Waals surface area contributed by atoms with E-state index in [-0.39, 0.29) is 24.4 Å². The summed E-state index contributed by atoms with van der Waals surface area (Å²) in [6, 6.07) is 34.9. The minimum Gasteiger partial charge on any atom is -0.481 e. The molecule has 3 atom stereocenters. The highest BCUT2D eigenvalue weighted by Gasteiger charge is 2.46. The minimum atomic E-state index is -0.791. The number of aliphatic carboxylic acids is 1. The molecular weight excluding hydrogens is 412 g/mol. The molecule has 1 fully saturated rings. The predicted molar refractivity (Wildman–Crippen MR) is 129 cm³/mol. The van der Waals surface area contributed by atoms with Gasteiger partial charge in [0.15, 0.2) is 0 Å². The quantitative estimate of drug-likeness (QED) is 0.378. The molecule has 1 unspecified atom stereocenters. The Labute approximate surface area is 193 Å². The van der Waals surface area contributed by atoms with E-state index >= 15 is 0 Å². The van der Waals surface area contributed by atoms with E-state index in [1.807, 2.05) is 103 Å². The summed E-state index contributed by atoms with van der Waals surface area (Å²) in [6.07, 6.45) is 0.526. The van der Waals surface area contributed by atoms with Crippen LogP contribution in [0.3, 0.4) is 0 Å². The molecule has 1 saturated carbocycles. The van der Waals surface area contributed by atoms with Gasteiger partial charge >= 0.3 is 11.9 Å². The molecule has 0 bridgehead atoms. The lowest BCUT2D eigenvalue weighted by Crippen LogP contribution is -2.42. The van der Waals surface area contributed by atoms with E-state index in [1.54, 1.807) is 6.07 Å². The lowest BCUT2D eigenvalue weighted by molar-refractivity contribution is -0.148. The van der Waals surface area contributed by atoms with Gasteiger partial charge in [-0.1, -0.05) is 103 Å². The summed E-state index contributed by atoms with van der Waals surface area (Å²) in [7, 11) is 0. The maximum Gasteiger partial charge on any atom is 0.338 e. The van der Waals surface area contributed by atoms with Crippen molar-refractivity contribution < 1.29 is 19.4 Å². The van der Waals surface area contributed by atoms with Gasteiger partial charge in [-0.15, -0.1) is 0 Å². The highest BCUT2D eigenvalue weighted by molar-refractivity contribution is 6.04. The maximum absolute atomic E-state index is 12.6. The predicted octanol–water partition coefficient (Wildman–Crippen LogP) is 6.19. The molecule has 4 nitrogen and oxygen atoms in total. The zero-order chi connectivity index (χ0) is 23.0. The summed E-state index contributed by atoms with van der Waals surface area (Å²) >= 11 is 0. The van der Waals surface area contributed by atoms with Crippen LogP contribution < -0.4 is 0 Å². The molecule has 5 rings (SSSR count). The van der Waals surface area contributed by atoms with Crippen LogP contribution in [0.4, 0.5) is 0 Å². The zero-order valence-corrected chi connectivity index (χ0v) is 18.2. The normalized spacial score (nSPS) is 19.0. The van der Waals surface area contributed by atoms with Crippen LogP contribution in [0.1, 0.15) is 28.3 Å². The number of rotatable bonds is 5.